The van der Waals surface area contributed by atoms with E-state index in [2.05, 4.69) is 5.32 Å². The molecule has 1 rings (SSSR count). The van der Waals surface area contributed by atoms with Crippen LogP contribution in [-0.2, 0) is 16.0 Å². The molecule has 0 aliphatic rings. The number of unbranched alkanes of at least 4 members (excludes halogenated alkanes) is 2. The summed E-state index contributed by atoms with van der Waals surface area (Å²) in [7, 11) is 0. The molecule has 0 fully saturated rings. The lowest BCUT2D eigenvalue weighted by atomic mass is 10.1. The molecule has 5 nitrogen and oxygen atoms in total. The molecule has 0 aliphatic heterocycles. The number of carboxylic acids is 1. The molecular weight excluding hydrogens is 294 g/mol. The molecule has 1 aromatic rings. The van der Waals surface area contributed by atoms with Gasteiger partial charge in [-0.3, -0.25) is 4.79 Å². The third kappa shape index (κ3) is 5.87. The van der Waals surface area contributed by atoms with Crippen molar-refractivity contribution in [1.82, 2.24) is 5.32 Å². The molecule has 118 valence electrons. The van der Waals surface area contributed by atoms with Gasteiger partial charge in [-0.05, 0) is 37.0 Å². The van der Waals surface area contributed by atoms with Gasteiger partial charge in [0.25, 0.3) is 0 Å². The van der Waals surface area contributed by atoms with Crippen molar-refractivity contribution in [2.24, 2.45) is 0 Å². The number of carboxylic acid groups (broad SMARTS) is 1. The highest BCUT2D eigenvalue weighted by Crippen LogP contribution is 2.10. The largest absolute Gasteiger partial charge is 0.480 e. The van der Waals surface area contributed by atoms with Crippen LogP contribution in [0, 0.1) is 23.0 Å². The van der Waals surface area contributed by atoms with E-state index in [1.54, 1.807) is 0 Å². The van der Waals surface area contributed by atoms with Crippen LogP contribution in [0.2, 0.25) is 0 Å². The first kappa shape index (κ1) is 17.6. The van der Waals surface area contributed by atoms with E-state index < -0.39 is 29.6 Å². The van der Waals surface area contributed by atoms with Crippen molar-refractivity contribution < 1.29 is 23.5 Å². The quantitative estimate of drug-likeness (QED) is 0.720. The second-order valence-corrected chi connectivity index (χ2v) is 4.79. The zero-order valence-electron chi connectivity index (χ0n) is 11.8. The monoisotopic (exact) mass is 310 g/mol. The number of halogens is 2. The van der Waals surface area contributed by atoms with Gasteiger partial charge in [-0.2, -0.15) is 5.26 Å². The van der Waals surface area contributed by atoms with Gasteiger partial charge in [-0.15, -0.1) is 0 Å². The zero-order chi connectivity index (χ0) is 16.5. The fourth-order valence-corrected chi connectivity index (χ4v) is 1.89. The summed E-state index contributed by atoms with van der Waals surface area (Å²) in [6.07, 6.45) is 1.35. The van der Waals surface area contributed by atoms with E-state index >= 15 is 0 Å². The predicted molar refractivity (Wildman–Crippen MR) is 73.7 cm³/mol. The minimum atomic E-state index is -1.17. The van der Waals surface area contributed by atoms with Crippen LogP contribution in [-0.4, -0.2) is 23.0 Å². The van der Waals surface area contributed by atoms with Gasteiger partial charge in [-0.1, -0.05) is 6.07 Å². The average Bonchev–Trinajstić information content (AvgIpc) is 2.46. The molecule has 0 aliphatic carbocycles. The molecule has 0 radical (unpaired) electrons. The van der Waals surface area contributed by atoms with Crippen molar-refractivity contribution in [3.8, 4) is 6.07 Å². The molecule has 2 N–H and O–H groups in total. The summed E-state index contributed by atoms with van der Waals surface area (Å²) in [5.74, 6) is -3.82. The number of hydrogen-bond donors (Lipinski definition) is 2. The molecule has 0 saturated carbocycles. The first-order chi connectivity index (χ1) is 10.4. The fraction of sp³-hybridized carbons (Fsp3) is 0.400. The summed E-state index contributed by atoms with van der Waals surface area (Å²) in [6, 6.07) is 3.97. The molecule has 0 heterocycles. The molecule has 1 amide bonds. The summed E-state index contributed by atoms with van der Waals surface area (Å²) < 4.78 is 25.8. The van der Waals surface area contributed by atoms with Crippen molar-refractivity contribution in [1.29, 1.82) is 5.26 Å². The smallest absolute Gasteiger partial charge is 0.326 e. The maximum Gasteiger partial charge on any atom is 0.326 e. The molecule has 0 aromatic heterocycles. The predicted octanol–water partition coefficient (Wildman–Crippen LogP) is 2.16. The Balaban J connectivity index is 2.54. The second-order valence-electron chi connectivity index (χ2n) is 4.79. The van der Waals surface area contributed by atoms with Crippen LogP contribution >= 0.6 is 0 Å². The molecule has 0 saturated heterocycles. The van der Waals surface area contributed by atoms with Gasteiger partial charge < -0.3 is 10.4 Å². The summed E-state index contributed by atoms with van der Waals surface area (Å²) in [4.78, 5) is 22.8. The summed E-state index contributed by atoms with van der Waals surface area (Å²) in [5, 5.41) is 19.8. The third-order valence-electron chi connectivity index (χ3n) is 3.01. The Morgan fingerprint density at radius 1 is 1.27 bits per heavy atom. The SMILES string of the molecule is N#CCCCC[C@H](NC(=O)Cc1ccc(F)c(F)c1)C(=O)O. The van der Waals surface area contributed by atoms with Gasteiger partial charge in [-0.25, -0.2) is 13.6 Å². The van der Waals surface area contributed by atoms with Crippen LogP contribution in [0.1, 0.15) is 31.2 Å². The number of benzene rings is 1. The van der Waals surface area contributed by atoms with E-state index in [-0.39, 0.29) is 18.4 Å². The zero-order valence-corrected chi connectivity index (χ0v) is 11.8. The number of nitrogens with zero attached hydrogens (tertiary/aromatic N) is 1. The van der Waals surface area contributed by atoms with E-state index in [1.807, 2.05) is 6.07 Å². The van der Waals surface area contributed by atoms with Crippen molar-refractivity contribution >= 4 is 11.9 Å². The maximum atomic E-state index is 13.0. The Labute approximate surface area is 126 Å². The first-order valence-corrected chi connectivity index (χ1v) is 6.77. The number of hydrogen-bond acceptors (Lipinski definition) is 3. The second kappa shape index (κ2) is 8.72. The Kier molecular flexibility index (Phi) is 6.96. The van der Waals surface area contributed by atoms with Gasteiger partial charge in [0.2, 0.25) is 5.91 Å². The number of carbonyl (C=O) groups excluding carboxylic acids is 1. The van der Waals surface area contributed by atoms with Crippen molar-refractivity contribution in [2.45, 2.75) is 38.1 Å². The molecular formula is C15H16F2N2O3. The Morgan fingerprint density at radius 3 is 2.59 bits per heavy atom. The van der Waals surface area contributed by atoms with E-state index in [0.29, 0.717) is 19.3 Å². The number of amides is 1. The van der Waals surface area contributed by atoms with Crippen LogP contribution in [0.25, 0.3) is 0 Å². The normalized spacial score (nSPS) is 11.5. The maximum absolute atomic E-state index is 13.0. The van der Waals surface area contributed by atoms with Crippen LogP contribution in [0.3, 0.4) is 0 Å². The van der Waals surface area contributed by atoms with Crippen LogP contribution in [0.15, 0.2) is 18.2 Å². The van der Waals surface area contributed by atoms with Crippen molar-refractivity contribution in [3.05, 3.63) is 35.4 Å². The molecule has 0 unspecified atom stereocenters. The number of nitriles is 1. The lowest BCUT2D eigenvalue weighted by Crippen LogP contribution is -2.41. The van der Waals surface area contributed by atoms with Crippen molar-refractivity contribution in [2.75, 3.05) is 0 Å². The first-order valence-electron chi connectivity index (χ1n) is 6.77. The fourth-order valence-electron chi connectivity index (χ4n) is 1.89. The molecule has 1 atom stereocenters. The Morgan fingerprint density at radius 2 is 2.00 bits per heavy atom. The van der Waals surface area contributed by atoms with Gasteiger partial charge in [0.15, 0.2) is 11.6 Å². The molecule has 0 bridgehead atoms. The minimum Gasteiger partial charge on any atom is -0.480 e. The van der Waals surface area contributed by atoms with Crippen LogP contribution < -0.4 is 5.32 Å². The summed E-state index contributed by atoms with van der Waals surface area (Å²) in [5.41, 5.74) is 0.255. The van der Waals surface area contributed by atoms with E-state index in [4.69, 9.17) is 10.4 Å². The van der Waals surface area contributed by atoms with Gasteiger partial charge >= 0.3 is 5.97 Å². The van der Waals surface area contributed by atoms with Gasteiger partial charge in [0, 0.05) is 6.42 Å². The Hall–Kier alpha value is -2.49. The molecule has 22 heavy (non-hydrogen) atoms. The highest BCUT2D eigenvalue weighted by Gasteiger charge is 2.19. The number of rotatable bonds is 8. The topological polar surface area (TPSA) is 90.2 Å². The lowest BCUT2D eigenvalue weighted by molar-refractivity contribution is -0.142. The van der Waals surface area contributed by atoms with E-state index in [1.165, 1.54) is 6.07 Å². The molecule has 1 aromatic carbocycles. The highest BCUT2D eigenvalue weighted by atomic mass is 19.2. The molecule has 7 heteroatoms. The molecule has 0 spiro atoms. The summed E-state index contributed by atoms with van der Waals surface area (Å²) in [6.45, 7) is 0. The van der Waals surface area contributed by atoms with E-state index in [0.717, 1.165) is 12.1 Å². The van der Waals surface area contributed by atoms with Crippen LogP contribution in [0.4, 0.5) is 8.78 Å². The number of carbonyl (C=O) groups is 2. The van der Waals surface area contributed by atoms with E-state index in [9.17, 15) is 18.4 Å². The van der Waals surface area contributed by atoms with Crippen molar-refractivity contribution in [3.63, 3.8) is 0 Å². The lowest BCUT2D eigenvalue weighted by Gasteiger charge is -2.14. The number of nitrogens with one attached hydrogen (secondary N) is 1. The van der Waals surface area contributed by atoms with Gasteiger partial charge in [0.1, 0.15) is 6.04 Å². The standard InChI is InChI=1S/C15H16F2N2O3/c16-11-6-5-10(8-12(11)17)9-14(20)19-13(15(21)22)4-2-1-3-7-18/h5-6,8,13H,1-4,9H2,(H,19,20)(H,21,22)/t13-/m0/s1. The summed E-state index contributed by atoms with van der Waals surface area (Å²) >= 11 is 0. The average molecular weight is 310 g/mol. The minimum absolute atomic E-state index is 0.209. The number of aliphatic carboxylic acids is 1. The van der Waals surface area contributed by atoms with Gasteiger partial charge in [0.05, 0.1) is 12.5 Å². The Bertz CT molecular complexity index is 585. The van der Waals surface area contributed by atoms with Crippen LogP contribution in [0.5, 0.6) is 0 Å². The third-order valence-corrected chi connectivity index (χ3v) is 3.01. The highest BCUT2D eigenvalue weighted by molar-refractivity contribution is 5.84.